The van der Waals surface area contributed by atoms with Gasteiger partial charge in [-0.3, -0.25) is 9.78 Å². The fourth-order valence-corrected chi connectivity index (χ4v) is 4.73. The number of carbonyl (C=O) groups excluding carboxylic acids is 1. The summed E-state index contributed by atoms with van der Waals surface area (Å²) >= 11 is 0. The number of nitrogens with zero attached hydrogens (tertiary/aromatic N) is 2. The molecule has 0 aliphatic carbocycles. The maximum Gasteiger partial charge on any atom is 0.416 e. The van der Waals surface area contributed by atoms with Crippen LogP contribution >= 0.6 is 0 Å². The summed E-state index contributed by atoms with van der Waals surface area (Å²) in [6.07, 6.45) is 0.300. The molecule has 2 aromatic rings. The summed E-state index contributed by atoms with van der Waals surface area (Å²) in [7, 11) is 0. The summed E-state index contributed by atoms with van der Waals surface area (Å²) in [5.41, 5.74) is 2.80. The predicted octanol–water partition coefficient (Wildman–Crippen LogP) is 5.27. The van der Waals surface area contributed by atoms with E-state index in [0.29, 0.717) is 31.5 Å². The van der Waals surface area contributed by atoms with Gasteiger partial charge in [-0.2, -0.15) is 13.2 Å². The van der Waals surface area contributed by atoms with Gasteiger partial charge < -0.3 is 9.64 Å². The lowest BCUT2D eigenvalue weighted by Crippen LogP contribution is -2.39. The molecule has 7 heteroatoms. The molecule has 2 aliphatic heterocycles. The molecule has 2 aliphatic rings. The summed E-state index contributed by atoms with van der Waals surface area (Å²) in [6, 6.07) is 9.44. The molecule has 4 rings (SSSR count). The van der Waals surface area contributed by atoms with E-state index in [2.05, 4.69) is 0 Å². The van der Waals surface area contributed by atoms with Gasteiger partial charge in [0.15, 0.2) is 0 Å². The normalized spacial score (nSPS) is 20.0. The van der Waals surface area contributed by atoms with Crippen LogP contribution in [0.4, 0.5) is 13.2 Å². The van der Waals surface area contributed by atoms with Crippen molar-refractivity contribution in [3.63, 3.8) is 0 Å². The van der Waals surface area contributed by atoms with Gasteiger partial charge in [-0.15, -0.1) is 0 Å². The average molecular weight is 447 g/mol. The van der Waals surface area contributed by atoms with Gasteiger partial charge in [0.1, 0.15) is 0 Å². The molecule has 1 aromatic heterocycles. The quantitative estimate of drug-likeness (QED) is 0.628. The van der Waals surface area contributed by atoms with Crippen molar-refractivity contribution >= 4 is 5.91 Å². The third kappa shape index (κ3) is 5.68. The molecule has 1 amide bonds. The van der Waals surface area contributed by atoms with E-state index in [0.717, 1.165) is 55.3 Å². The number of ether oxygens (including phenoxy) is 1. The van der Waals surface area contributed by atoms with Gasteiger partial charge in [0, 0.05) is 37.0 Å². The SMILES string of the molecule is Cc1cc(Cc2cccc(C(F)(F)F)c2)cc(C2CCN(C(=O)C[C@H]3CCCO3)CC2)n1. The van der Waals surface area contributed by atoms with E-state index < -0.39 is 11.7 Å². The molecule has 32 heavy (non-hydrogen) atoms. The van der Waals surface area contributed by atoms with Crippen LogP contribution in [0, 0.1) is 6.92 Å². The molecule has 0 unspecified atom stereocenters. The number of pyridine rings is 1. The van der Waals surface area contributed by atoms with Crippen molar-refractivity contribution in [1.29, 1.82) is 0 Å². The van der Waals surface area contributed by atoms with Gasteiger partial charge in [-0.05, 0) is 68.4 Å². The molecule has 1 atom stereocenters. The van der Waals surface area contributed by atoms with Crippen LogP contribution in [0.25, 0.3) is 0 Å². The van der Waals surface area contributed by atoms with Crippen molar-refractivity contribution in [2.45, 2.75) is 63.6 Å². The fraction of sp³-hybridized carbons (Fsp3) is 0.520. The molecule has 4 nitrogen and oxygen atoms in total. The minimum atomic E-state index is -4.34. The predicted molar refractivity (Wildman–Crippen MR) is 115 cm³/mol. The number of hydrogen-bond acceptors (Lipinski definition) is 3. The molecule has 0 saturated carbocycles. The van der Waals surface area contributed by atoms with E-state index in [9.17, 15) is 18.0 Å². The third-order valence-corrected chi connectivity index (χ3v) is 6.39. The molecule has 2 fully saturated rings. The van der Waals surface area contributed by atoms with E-state index in [1.807, 2.05) is 24.0 Å². The molecule has 2 saturated heterocycles. The summed E-state index contributed by atoms with van der Waals surface area (Å²) in [4.78, 5) is 19.2. The zero-order valence-electron chi connectivity index (χ0n) is 18.3. The highest BCUT2D eigenvalue weighted by atomic mass is 19.4. The highest BCUT2D eigenvalue weighted by molar-refractivity contribution is 5.76. The van der Waals surface area contributed by atoms with E-state index in [-0.39, 0.29) is 17.9 Å². The van der Waals surface area contributed by atoms with Crippen LogP contribution in [0.1, 0.15) is 66.1 Å². The van der Waals surface area contributed by atoms with Crippen molar-refractivity contribution in [2.24, 2.45) is 0 Å². The van der Waals surface area contributed by atoms with Gasteiger partial charge >= 0.3 is 6.18 Å². The van der Waals surface area contributed by atoms with Crippen LogP contribution in [-0.2, 0) is 22.1 Å². The Morgan fingerprint density at radius 1 is 1.12 bits per heavy atom. The molecular formula is C25H29F3N2O2. The lowest BCUT2D eigenvalue weighted by molar-refractivity contribution is -0.137. The second-order valence-corrected chi connectivity index (χ2v) is 8.91. The van der Waals surface area contributed by atoms with Gasteiger partial charge in [-0.25, -0.2) is 0 Å². The average Bonchev–Trinajstić information content (AvgIpc) is 3.26. The van der Waals surface area contributed by atoms with Gasteiger partial charge in [0.25, 0.3) is 0 Å². The van der Waals surface area contributed by atoms with Crippen LogP contribution in [0.5, 0.6) is 0 Å². The molecule has 1 aromatic carbocycles. The van der Waals surface area contributed by atoms with Crippen LogP contribution in [0.15, 0.2) is 36.4 Å². The summed E-state index contributed by atoms with van der Waals surface area (Å²) < 4.78 is 44.7. The number of alkyl halides is 3. The van der Waals surface area contributed by atoms with Crippen LogP contribution in [-0.4, -0.2) is 41.6 Å². The van der Waals surface area contributed by atoms with E-state index in [4.69, 9.17) is 9.72 Å². The Bertz CT molecular complexity index is 946. The minimum Gasteiger partial charge on any atom is -0.378 e. The lowest BCUT2D eigenvalue weighted by Gasteiger charge is -2.32. The number of amides is 1. The number of aryl methyl sites for hydroxylation is 1. The molecule has 0 N–H and O–H groups in total. The topological polar surface area (TPSA) is 42.4 Å². The van der Waals surface area contributed by atoms with Gasteiger partial charge in [0.2, 0.25) is 5.91 Å². The smallest absolute Gasteiger partial charge is 0.378 e. The number of benzene rings is 1. The number of likely N-dealkylation sites (tertiary alicyclic amines) is 1. The number of hydrogen-bond donors (Lipinski definition) is 0. The van der Waals surface area contributed by atoms with Gasteiger partial charge in [0.05, 0.1) is 18.1 Å². The molecule has 172 valence electrons. The number of piperidine rings is 1. The van der Waals surface area contributed by atoms with Crippen molar-refractivity contribution in [3.05, 3.63) is 64.5 Å². The Hall–Kier alpha value is -2.41. The van der Waals surface area contributed by atoms with Gasteiger partial charge in [-0.1, -0.05) is 18.2 Å². The molecule has 3 heterocycles. The number of carbonyl (C=O) groups is 1. The van der Waals surface area contributed by atoms with Crippen LogP contribution in [0.2, 0.25) is 0 Å². The van der Waals surface area contributed by atoms with Crippen LogP contribution in [0.3, 0.4) is 0 Å². The van der Waals surface area contributed by atoms with Crippen molar-refractivity contribution < 1.29 is 22.7 Å². The first-order valence-corrected chi connectivity index (χ1v) is 11.3. The monoisotopic (exact) mass is 446 g/mol. The highest BCUT2D eigenvalue weighted by Crippen LogP contribution is 2.31. The van der Waals surface area contributed by atoms with E-state index in [1.165, 1.54) is 12.1 Å². The fourth-order valence-electron chi connectivity index (χ4n) is 4.73. The van der Waals surface area contributed by atoms with E-state index >= 15 is 0 Å². The lowest BCUT2D eigenvalue weighted by atomic mass is 9.91. The van der Waals surface area contributed by atoms with Crippen molar-refractivity contribution in [1.82, 2.24) is 9.88 Å². The summed E-state index contributed by atoms with van der Waals surface area (Å²) in [5, 5.41) is 0. The van der Waals surface area contributed by atoms with E-state index in [1.54, 1.807) is 6.07 Å². The summed E-state index contributed by atoms with van der Waals surface area (Å²) in [5.74, 6) is 0.416. The Labute approximate surface area is 186 Å². The van der Waals surface area contributed by atoms with Crippen molar-refractivity contribution in [2.75, 3.05) is 19.7 Å². The number of aromatic nitrogens is 1. The first kappa shape index (κ1) is 22.8. The Morgan fingerprint density at radius 2 is 1.91 bits per heavy atom. The first-order valence-electron chi connectivity index (χ1n) is 11.3. The molecule has 0 radical (unpaired) electrons. The maximum absolute atomic E-state index is 13.0. The highest BCUT2D eigenvalue weighted by Gasteiger charge is 2.30. The Balaban J connectivity index is 1.39. The standard InChI is InChI=1S/C25H29F3N2O2/c1-17-12-19(13-18-4-2-5-21(14-18)25(26,27)28)15-23(29-17)20-7-9-30(10-8-20)24(31)16-22-6-3-11-32-22/h2,4-5,12,14-15,20,22H,3,6-11,13,16H2,1H3/t22-/m1/s1. The maximum atomic E-state index is 13.0. The first-order chi connectivity index (χ1) is 15.3. The third-order valence-electron chi connectivity index (χ3n) is 6.39. The zero-order chi connectivity index (χ0) is 22.7. The Morgan fingerprint density at radius 3 is 2.59 bits per heavy atom. The number of rotatable bonds is 5. The molecule has 0 bridgehead atoms. The second-order valence-electron chi connectivity index (χ2n) is 8.91. The second kappa shape index (κ2) is 9.61. The zero-order valence-corrected chi connectivity index (χ0v) is 18.3. The largest absolute Gasteiger partial charge is 0.416 e. The molecular weight excluding hydrogens is 417 g/mol. The van der Waals surface area contributed by atoms with Crippen molar-refractivity contribution in [3.8, 4) is 0 Å². The molecule has 0 spiro atoms. The number of halogens is 3. The minimum absolute atomic E-state index is 0.0667. The summed E-state index contributed by atoms with van der Waals surface area (Å²) in [6.45, 7) is 4.07. The Kier molecular flexibility index (Phi) is 6.84. The van der Waals surface area contributed by atoms with Crippen LogP contribution < -0.4 is 0 Å².